The summed E-state index contributed by atoms with van der Waals surface area (Å²) in [5.41, 5.74) is 1.76. The summed E-state index contributed by atoms with van der Waals surface area (Å²) in [6, 6.07) is 10.8. The van der Waals surface area contributed by atoms with Gasteiger partial charge in [-0.05, 0) is 25.3 Å². The third-order valence-corrected chi connectivity index (χ3v) is 3.89. The van der Waals surface area contributed by atoms with Crippen LogP contribution in [0.1, 0.15) is 25.8 Å². The molecular weight excluding hydrogens is 208 g/mol. The fourth-order valence-corrected chi connectivity index (χ4v) is 2.50. The maximum absolute atomic E-state index is 3.63. The molecule has 1 aromatic rings. The van der Waals surface area contributed by atoms with Gasteiger partial charge in [-0.25, -0.2) is 0 Å². The van der Waals surface area contributed by atoms with Crippen LogP contribution in [0.25, 0.3) is 0 Å². The highest BCUT2D eigenvalue weighted by atomic mass is 15.2. The van der Waals surface area contributed by atoms with Crippen LogP contribution in [0.3, 0.4) is 0 Å². The molecule has 0 bridgehead atoms. The van der Waals surface area contributed by atoms with Crippen LogP contribution in [0.15, 0.2) is 30.3 Å². The first-order chi connectivity index (χ1) is 8.22. The summed E-state index contributed by atoms with van der Waals surface area (Å²) < 4.78 is 0. The van der Waals surface area contributed by atoms with Gasteiger partial charge in [0, 0.05) is 31.7 Å². The lowest BCUT2D eigenvalue weighted by atomic mass is 9.95. The Morgan fingerprint density at radius 3 is 2.76 bits per heavy atom. The third kappa shape index (κ3) is 3.55. The summed E-state index contributed by atoms with van der Waals surface area (Å²) >= 11 is 0. The van der Waals surface area contributed by atoms with E-state index in [-0.39, 0.29) is 0 Å². The molecule has 1 heterocycles. The largest absolute Gasteiger partial charge is 0.309 e. The van der Waals surface area contributed by atoms with Crippen molar-refractivity contribution in [3.8, 4) is 0 Å². The maximum Gasteiger partial charge on any atom is 0.0278 e. The van der Waals surface area contributed by atoms with Gasteiger partial charge in [-0.2, -0.15) is 0 Å². The van der Waals surface area contributed by atoms with Crippen molar-refractivity contribution in [1.29, 1.82) is 0 Å². The molecule has 1 aromatic carbocycles. The third-order valence-electron chi connectivity index (χ3n) is 3.89. The lowest BCUT2D eigenvalue weighted by molar-refractivity contribution is 0.141. The van der Waals surface area contributed by atoms with Crippen LogP contribution in [0.5, 0.6) is 0 Å². The zero-order valence-corrected chi connectivity index (χ0v) is 11.1. The van der Waals surface area contributed by atoms with Gasteiger partial charge in [-0.1, -0.05) is 37.3 Å². The topological polar surface area (TPSA) is 15.3 Å². The molecule has 1 aliphatic heterocycles. The summed E-state index contributed by atoms with van der Waals surface area (Å²) in [6.45, 7) is 9.27. The highest BCUT2D eigenvalue weighted by Gasteiger charge is 2.28. The minimum atomic E-state index is 0.314. The molecule has 0 aliphatic carbocycles. The van der Waals surface area contributed by atoms with Crippen molar-refractivity contribution in [2.75, 3.05) is 26.2 Å². The average molecular weight is 232 g/mol. The normalized spacial score (nSPS) is 26.0. The highest BCUT2D eigenvalue weighted by molar-refractivity contribution is 5.14. The number of benzene rings is 1. The van der Waals surface area contributed by atoms with Gasteiger partial charge in [-0.15, -0.1) is 0 Å². The SMILES string of the molecule is CCC1(C)CN(CCc2ccccc2)CCN1. The van der Waals surface area contributed by atoms with Gasteiger partial charge in [0.05, 0.1) is 0 Å². The van der Waals surface area contributed by atoms with Crippen molar-refractivity contribution < 1.29 is 0 Å². The van der Waals surface area contributed by atoms with Crippen LogP contribution in [0, 0.1) is 0 Å². The standard InChI is InChI=1S/C15H24N2/c1-3-15(2)13-17(12-10-16-15)11-9-14-7-5-4-6-8-14/h4-8,16H,3,9-13H2,1-2H3. The van der Waals surface area contributed by atoms with Gasteiger partial charge in [0.25, 0.3) is 0 Å². The molecule has 0 spiro atoms. The van der Waals surface area contributed by atoms with Crippen LogP contribution in [-0.2, 0) is 6.42 Å². The van der Waals surface area contributed by atoms with Gasteiger partial charge in [0.2, 0.25) is 0 Å². The summed E-state index contributed by atoms with van der Waals surface area (Å²) in [5.74, 6) is 0. The molecule has 17 heavy (non-hydrogen) atoms. The van der Waals surface area contributed by atoms with Crippen molar-refractivity contribution in [3.05, 3.63) is 35.9 Å². The molecule has 1 aliphatic rings. The van der Waals surface area contributed by atoms with Gasteiger partial charge in [0.15, 0.2) is 0 Å². The van der Waals surface area contributed by atoms with Crippen molar-refractivity contribution in [3.63, 3.8) is 0 Å². The molecule has 2 rings (SSSR count). The van der Waals surface area contributed by atoms with E-state index >= 15 is 0 Å². The molecule has 94 valence electrons. The van der Waals surface area contributed by atoms with E-state index in [0.717, 1.165) is 6.54 Å². The molecule has 0 saturated carbocycles. The second-order valence-corrected chi connectivity index (χ2v) is 5.35. The van der Waals surface area contributed by atoms with E-state index in [1.807, 2.05) is 0 Å². The lowest BCUT2D eigenvalue weighted by Crippen LogP contribution is -2.58. The Balaban J connectivity index is 1.83. The van der Waals surface area contributed by atoms with Gasteiger partial charge >= 0.3 is 0 Å². The quantitative estimate of drug-likeness (QED) is 0.857. The number of piperazine rings is 1. The maximum atomic E-state index is 3.63. The van der Waals surface area contributed by atoms with Crippen LogP contribution in [-0.4, -0.2) is 36.6 Å². The zero-order chi connectivity index (χ0) is 12.1. The first-order valence-corrected chi connectivity index (χ1v) is 6.73. The van der Waals surface area contributed by atoms with Crippen molar-refractivity contribution in [1.82, 2.24) is 10.2 Å². The molecule has 1 fully saturated rings. The Kier molecular flexibility index (Phi) is 4.19. The van der Waals surface area contributed by atoms with Crippen LogP contribution in [0.4, 0.5) is 0 Å². The second kappa shape index (κ2) is 5.65. The average Bonchev–Trinajstić information content (AvgIpc) is 2.38. The molecular formula is C15H24N2. The molecule has 1 N–H and O–H groups in total. The fraction of sp³-hybridized carbons (Fsp3) is 0.600. The van der Waals surface area contributed by atoms with E-state index in [0.29, 0.717) is 5.54 Å². The van der Waals surface area contributed by atoms with Crippen molar-refractivity contribution >= 4 is 0 Å². The van der Waals surface area contributed by atoms with Crippen molar-refractivity contribution in [2.45, 2.75) is 32.2 Å². The smallest absolute Gasteiger partial charge is 0.0278 e. The Morgan fingerprint density at radius 2 is 2.06 bits per heavy atom. The van der Waals surface area contributed by atoms with Crippen LogP contribution in [0.2, 0.25) is 0 Å². The molecule has 0 aromatic heterocycles. The number of hydrogen-bond donors (Lipinski definition) is 1. The Hall–Kier alpha value is -0.860. The highest BCUT2D eigenvalue weighted by Crippen LogP contribution is 2.15. The molecule has 0 radical (unpaired) electrons. The molecule has 1 unspecified atom stereocenters. The first-order valence-electron chi connectivity index (χ1n) is 6.73. The summed E-state index contributed by atoms with van der Waals surface area (Å²) in [4.78, 5) is 2.59. The number of nitrogens with zero attached hydrogens (tertiary/aromatic N) is 1. The van der Waals surface area contributed by atoms with Crippen LogP contribution < -0.4 is 5.32 Å². The number of nitrogens with one attached hydrogen (secondary N) is 1. The molecule has 0 amide bonds. The molecule has 2 nitrogen and oxygen atoms in total. The van der Waals surface area contributed by atoms with E-state index in [9.17, 15) is 0 Å². The summed E-state index contributed by atoms with van der Waals surface area (Å²) in [5, 5.41) is 3.63. The summed E-state index contributed by atoms with van der Waals surface area (Å²) in [7, 11) is 0. The summed E-state index contributed by atoms with van der Waals surface area (Å²) in [6.07, 6.45) is 2.37. The zero-order valence-electron chi connectivity index (χ0n) is 11.1. The van der Waals surface area contributed by atoms with Gasteiger partial charge in [0.1, 0.15) is 0 Å². The number of hydrogen-bond acceptors (Lipinski definition) is 2. The molecule has 1 atom stereocenters. The van der Waals surface area contributed by atoms with Gasteiger partial charge in [-0.3, -0.25) is 4.90 Å². The van der Waals surface area contributed by atoms with Crippen LogP contribution >= 0.6 is 0 Å². The Bertz CT molecular complexity index is 336. The molecule has 1 saturated heterocycles. The van der Waals surface area contributed by atoms with Crippen molar-refractivity contribution in [2.24, 2.45) is 0 Å². The van der Waals surface area contributed by atoms with Gasteiger partial charge < -0.3 is 5.32 Å². The molecule has 2 heteroatoms. The van der Waals surface area contributed by atoms with E-state index in [1.54, 1.807) is 0 Å². The predicted octanol–water partition coefficient (Wildman–Crippen LogP) is 2.30. The second-order valence-electron chi connectivity index (χ2n) is 5.35. The number of rotatable bonds is 4. The minimum Gasteiger partial charge on any atom is -0.309 e. The van der Waals surface area contributed by atoms with E-state index in [2.05, 4.69) is 54.4 Å². The van der Waals surface area contributed by atoms with E-state index in [1.165, 1.54) is 38.0 Å². The first kappa shape index (κ1) is 12.6. The monoisotopic (exact) mass is 232 g/mol. The lowest BCUT2D eigenvalue weighted by Gasteiger charge is -2.41. The van der Waals surface area contributed by atoms with E-state index < -0.39 is 0 Å². The Morgan fingerprint density at radius 1 is 1.29 bits per heavy atom. The van der Waals surface area contributed by atoms with E-state index in [4.69, 9.17) is 0 Å². The fourth-order valence-electron chi connectivity index (χ4n) is 2.50. The predicted molar refractivity (Wildman–Crippen MR) is 73.3 cm³/mol. The minimum absolute atomic E-state index is 0.314. The Labute approximate surface area is 105 Å².